The molecular formula is C24H36F2N6O6. The number of aliphatic carboxylic acids is 1. The Hall–Kier alpha value is -3.97. The van der Waals surface area contributed by atoms with Gasteiger partial charge in [-0.1, -0.05) is 44.2 Å². The smallest absolute Gasteiger partial charge is 0.408 e. The lowest BCUT2D eigenvalue weighted by molar-refractivity contribution is -0.143. The fourth-order valence-corrected chi connectivity index (χ4v) is 3.48. The average Bonchev–Trinajstić information content (AvgIpc) is 2.83. The number of hydrogen-bond acceptors (Lipinski definition) is 6. The molecule has 0 radical (unpaired) electrons. The van der Waals surface area contributed by atoms with E-state index in [2.05, 4.69) is 15.6 Å². The molecule has 212 valence electrons. The number of amides is 3. The van der Waals surface area contributed by atoms with Crippen LogP contribution in [0.3, 0.4) is 0 Å². The number of alkyl carbamates (subject to hydrolysis) is 1. The standard InChI is InChI=1S/C24H36F2N6O6/c1-14(2)12-24(20(25)26,32-23(37)38-13-16-8-5-4-6-9-16)21(36)30-15(3)18(33)31-17(19(34)35)10-7-11-29-22(27)28/h4-6,8-9,14-15,17,20H,7,10-13H2,1-3H3,(H,30,36)(H,31,33)(H,32,37)(H,34,35)(H4,27,28,29)/t15-,17-,24+/m0/s1. The van der Waals surface area contributed by atoms with Crippen LogP contribution in [0.15, 0.2) is 35.3 Å². The van der Waals surface area contributed by atoms with Crippen molar-refractivity contribution in [1.82, 2.24) is 16.0 Å². The van der Waals surface area contributed by atoms with Crippen LogP contribution in [0.4, 0.5) is 13.6 Å². The van der Waals surface area contributed by atoms with Crippen molar-refractivity contribution in [2.24, 2.45) is 22.4 Å². The van der Waals surface area contributed by atoms with Crippen molar-refractivity contribution in [2.45, 2.75) is 70.7 Å². The Morgan fingerprint density at radius 2 is 1.71 bits per heavy atom. The predicted molar refractivity (Wildman–Crippen MR) is 135 cm³/mol. The van der Waals surface area contributed by atoms with Crippen molar-refractivity contribution in [2.75, 3.05) is 6.54 Å². The Morgan fingerprint density at radius 1 is 1.08 bits per heavy atom. The van der Waals surface area contributed by atoms with E-state index >= 15 is 0 Å². The van der Waals surface area contributed by atoms with Gasteiger partial charge < -0.3 is 37.3 Å². The third-order valence-corrected chi connectivity index (χ3v) is 5.35. The van der Waals surface area contributed by atoms with Crippen LogP contribution >= 0.6 is 0 Å². The van der Waals surface area contributed by atoms with Crippen molar-refractivity contribution in [3.8, 4) is 0 Å². The highest BCUT2D eigenvalue weighted by molar-refractivity contribution is 5.95. The van der Waals surface area contributed by atoms with Crippen LogP contribution in [-0.4, -0.2) is 65.5 Å². The summed E-state index contributed by atoms with van der Waals surface area (Å²) < 4.78 is 33.7. The number of carboxylic acids is 1. The largest absolute Gasteiger partial charge is 0.480 e. The van der Waals surface area contributed by atoms with E-state index in [1.165, 1.54) is 6.92 Å². The zero-order chi connectivity index (χ0) is 28.9. The molecule has 14 heteroatoms. The number of alkyl halides is 2. The summed E-state index contributed by atoms with van der Waals surface area (Å²) in [4.78, 5) is 53.3. The van der Waals surface area contributed by atoms with Crippen molar-refractivity contribution >= 4 is 29.8 Å². The summed E-state index contributed by atoms with van der Waals surface area (Å²) in [6.07, 6.45) is -4.86. The fraction of sp³-hybridized carbons (Fsp3) is 0.542. The SMILES string of the molecule is CC(C)C[C@](NC(=O)OCc1ccccc1)(C(=O)N[C@@H](C)C(=O)N[C@@H](CCCN=C(N)N)C(=O)O)C(F)F. The molecule has 3 amide bonds. The Balaban J connectivity index is 2.93. The first-order valence-corrected chi connectivity index (χ1v) is 11.9. The van der Waals surface area contributed by atoms with E-state index in [1.807, 2.05) is 5.32 Å². The maximum absolute atomic E-state index is 14.3. The molecule has 1 rings (SSSR count). The molecule has 0 aliphatic rings. The van der Waals surface area contributed by atoms with Gasteiger partial charge in [0.25, 0.3) is 12.3 Å². The van der Waals surface area contributed by atoms with Crippen LogP contribution in [0.1, 0.15) is 45.6 Å². The molecule has 0 aliphatic heterocycles. The molecule has 0 aliphatic carbocycles. The van der Waals surface area contributed by atoms with E-state index in [0.29, 0.717) is 5.56 Å². The van der Waals surface area contributed by atoms with Crippen molar-refractivity contribution in [3.05, 3.63) is 35.9 Å². The van der Waals surface area contributed by atoms with Gasteiger partial charge in [0, 0.05) is 6.54 Å². The van der Waals surface area contributed by atoms with Gasteiger partial charge in [0.1, 0.15) is 18.7 Å². The number of hydrogen-bond donors (Lipinski definition) is 6. The first-order chi connectivity index (χ1) is 17.8. The number of benzene rings is 1. The van der Waals surface area contributed by atoms with Crippen molar-refractivity contribution in [1.29, 1.82) is 0 Å². The molecule has 0 aromatic heterocycles. The van der Waals surface area contributed by atoms with Crippen molar-refractivity contribution in [3.63, 3.8) is 0 Å². The quantitative estimate of drug-likeness (QED) is 0.107. The molecule has 0 bridgehead atoms. The minimum atomic E-state index is -3.35. The van der Waals surface area contributed by atoms with Crippen LogP contribution in [0.25, 0.3) is 0 Å². The minimum Gasteiger partial charge on any atom is -0.480 e. The van der Waals surface area contributed by atoms with E-state index in [1.54, 1.807) is 44.2 Å². The van der Waals surface area contributed by atoms with Crippen LogP contribution in [0.5, 0.6) is 0 Å². The Kier molecular flexibility index (Phi) is 12.9. The van der Waals surface area contributed by atoms with Gasteiger partial charge in [0.15, 0.2) is 11.5 Å². The van der Waals surface area contributed by atoms with Gasteiger partial charge in [-0.3, -0.25) is 14.6 Å². The zero-order valence-electron chi connectivity index (χ0n) is 21.6. The van der Waals surface area contributed by atoms with E-state index in [9.17, 15) is 33.1 Å². The van der Waals surface area contributed by atoms with Crippen LogP contribution in [-0.2, 0) is 25.7 Å². The summed E-state index contributed by atoms with van der Waals surface area (Å²) in [5.41, 5.74) is 8.32. The number of aliphatic imine (C=N–C) groups is 1. The lowest BCUT2D eigenvalue weighted by Crippen LogP contribution is -2.66. The third-order valence-electron chi connectivity index (χ3n) is 5.35. The molecule has 0 saturated heterocycles. The number of ether oxygens (including phenoxy) is 1. The lowest BCUT2D eigenvalue weighted by Gasteiger charge is -2.34. The van der Waals surface area contributed by atoms with Gasteiger partial charge in [-0.05, 0) is 37.7 Å². The van der Waals surface area contributed by atoms with E-state index in [-0.39, 0.29) is 32.0 Å². The molecule has 1 aromatic rings. The number of nitrogens with two attached hydrogens (primary N) is 2. The second-order valence-electron chi connectivity index (χ2n) is 9.10. The molecule has 12 nitrogen and oxygen atoms in total. The van der Waals surface area contributed by atoms with E-state index in [0.717, 1.165) is 0 Å². The lowest BCUT2D eigenvalue weighted by atomic mass is 9.87. The highest BCUT2D eigenvalue weighted by Crippen LogP contribution is 2.26. The first-order valence-electron chi connectivity index (χ1n) is 11.9. The Bertz CT molecular complexity index is 974. The van der Waals surface area contributed by atoms with Crippen LogP contribution < -0.4 is 27.4 Å². The molecular weight excluding hydrogens is 506 g/mol. The van der Waals surface area contributed by atoms with E-state index < -0.39 is 60.3 Å². The number of carbonyl (C=O) groups excluding carboxylic acids is 3. The molecule has 0 heterocycles. The average molecular weight is 543 g/mol. The fourth-order valence-electron chi connectivity index (χ4n) is 3.48. The predicted octanol–water partition coefficient (Wildman–Crippen LogP) is 1.09. The molecule has 0 spiro atoms. The summed E-state index contributed by atoms with van der Waals surface area (Å²) >= 11 is 0. The van der Waals surface area contributed by atoms with Gasteiger partial charge >= 0.3 is 12.1 Å². The second-order valence-corrected chi connectivity index (χ2v) is 9.10. The molecule has 3 atom stereocenters. The highest BCUT2D eigenvalue weighted by atomic mass is 19.3. The molecule has 0 saturated carbocycles. The maximum Gasteiger partial charge on any atom is 0.408 e. The summed E-state index contributed by atoms with van der Waals surface area (Å²) in [5, 5.41) is 15.8. The Morgan fingerprint density at radius 3 is 2.24 bits per heavy atom. The number of rotatable bonds is 15. The summed E-state index contributed by atoms with van der Waals surface area (Å²) in [5.74, 6) is -4.22. The molecule has 38 heavy (non-hydrogen) atoms. The normalized spacial score (nSPS) is 14.1. The summed E-state index contributed by atoms with van der Waals surface area (Å²) in [7, 11) is 0. The number of carbonyl (C=O) groups is 4. The zero-order valence-corrected chi connectivity index (χ0v) is 21.6. The molecule has 0 unspecified atom stereocenters. The topological polar surface area (TPSA) is 198 Å². The van der Waals surface area contributed by atoms with Gasteiger partial charge in [-0.25, -0.2) is 18.4 Å². The number of nitrogens with zero attached hydrogens (tertiary/aromatic N) is 1. The molecule has 1 aromatic carbocycles. The second kappa shape index (κ2) is 15.3. The van der Waals surface area contributed by atoms with Gasteiger partial charge in [-0.15, -0.1) is 0 Å². The van der Waals surface area contributed by atoms with Crippen LogP contribution in [0.2, 0.25) is 0 Å². The first kappa shape index (κ1) is 32.1. The Labute approximate surface area is 219 Å². The minimum absolute atomic E-state index is 0.0261. The molecule has 8 N–H and O–H groups in total. The third kappa shape index (κ3) is 10.6. The maximum atomic E-state index is 14.3. The van der Waals surface area contributed by atoms with Gasteiger partial charge in [0.2, 0.25) is 5.91 Å². The van der Waals surface area contributed by atoms with Crippen LogP contribution in [0, 0.1) is 5.92 Å². The highest BCUT2D eigenvalue weighted by Gasteiger charge is 2.50. The van der Waals surface area contributed by atoms with Crippen molar-refractivity contribution < 1.29 is 37.8 Å². The van der Waals surface area contributed by atoms with E-state index in [4.69, 9.17) is 16.2 Å². The number of carboxylic acid groups (broad SMARTS) is 1. The number of nitrogens with one attached hydrogen (secondary N) is 3. The summed E-state index contributed by atoms with van der Waals surface area (Å²) in [6.45, 7) is 4.28. The monoisotopic (exact) mass is 542 g/mol. The van der Waals surface area contributed by atoms with Gasteiger partial charge in [-0.2, -0.15) is 0 Å². The van der Waals surface area contributed by atoms with Gasteiger partial charge in [0.05, 0.1) is 0 Å². The number of guanidine groups is 1. The molecule has 0 fully saturated rings. The summed E-state index contributed by atoms with van der Waals surface area (Å²) in [6, 6.07) is 5.75. The number of halogens is 2.